The number of quaternary nitrogens is 1. The van der Waals surface area contributed by atoms with Gasteiger partial charge in [0.05, 0.1) is 6.20 Å². The molecule has 1 saturated heterocycles. The van der Waals surface area contributed by atoms with Crippen LogP contribution in [0.3, 0.4) is 0 Å². The van der Waals surface area contributed by atoms with Crippen LogP contribution >= 0.6 is 12.2 Å². The molecule has 3 heterocycles. The van der Waals surface area contributed by atoms with Crippen LogP contribution in [0.15, 0.2) is 24.4 Å². The van der Waals surface area contributed by atoms with E-state index in [0.29, 0.717) is 6.04 Å². The summed E-state index contributed by atoms with van der Waals surface area (Å²) in [6.45, 7) is 9.96. The number of hydrogen-bond donors (Lipinski definition) is 1. The number of rotatable bonds is 4. The van der Waals surface area contributed by atoms with Gasteiger partial charge in [0.2, 0.25) is 0 Å². The van der Waals surface area contributed by atoms with Crippen molar-refractivity contribution >= 4 is 18.0 Å². The molecule has 26 heavy (non-hydrogen) atoms. The molecule has 2 aromatic rings. The van der Waals surface area contributed by atoms with E-state index in [-0.39, 0.29) is 0 Å². The quantitative estimate of drug-likeness (QED) is 0.831. The molecule has 0 atom stereocenters. The van der Waals surface area contributed by atoms with E-state index in [1.54, 1.807) is 4.90 Å². The van der Waals surface area contributed by atoms with Gasteiger partial charge in [-0.25, -0.2) is 4.98 Å². The van der Waals surface area contributed by atoms with E-state index < -0.39 is 0 Å². The first-order valence-electron chi connectivity index (χ1n) is 9.98. The Morgan fingerprint density at radius 1 is 1.12 bits per heavy atom. The Hall–Kier alpha value is -1.66. The molecule has 0 aromatic carbocycles. The molecule has 1 saturated carbocycles. The van der Waals surface area contributed by atoms with Crippen LogP contribution in [0.1, 0.15) is 43.1 Å². The second-order valence-electron chi connectivity index (χ2n) is 7.83. The van der Waals surface area contributed by atoms with E-state index in [0.717, 1.165) is 37.6 Å². The summed E-state index contributed by atoms with van der Waals surface area (Å²) >= 11 is 5.90. The SMILES string of the molecule is Cc1c(C)n(C2CCCC2)c(=S)n1C[NH+]1CCN(c2cccc[nH+]2)CC1. The molecule has 0 amide bonds. The van der Waals surface area contributed by atoms with Crippen LogP contribution in [0.4, 0.5) is 5.82 Å². The van der Waals surface area contributed by atoms with Gasteiger partial charge < -0.3 is 9.47 Å². The minimum atomic E-state index is 0.628. The van der Waals surface area contributed by atoms with Gasteiger partial charge in [0.1, 0.15) is 26.2 Å². The van der Waals surface area contributed by atoms with Gasteiger partial charge in [-0.05, 0) is 45.0 Å². The van der Waals surface area contributed by atoms with Crippen LogP contribution in [0.2, 0.25) is 0 Å². The molecule has 2 aliphatic rings. The molecule has 2 fully saturated rings. The van der Waals surface area contributed by atoms with Crippen LogP contribution in [-0.4, -0.2) is 35.3 Å². The fourth-order valence-electron chi connectivity index (χ4n) is 4.59. The van der Waals surface area contributed by atoms with E-state index in [1.165, 1.54) is 42.9 Å². The highest BCUT2D eigenvalue weighted by molar-refractivity contribution is 7.71. The van der Waals surface area contributed by atoms with Crippen molar-refractivity contribution in [1.29, 1.82) is 0 Å². The maximum Gasteiger partial charge on any atom is 0.274 e. The summed E-state index contributed by atoms with van der Waals surface area (Å²) in [6, 6.07) is 6.92. The maximum absolute atomic E-state index is 5.90. The largest absolute Gasteiger partial charge is 0.318 e. The van der Waals surface area contributed by atoms with E-state index in [4.69, 9.17) is 12.2 Å². The smallest absolute Gasteiger partial charge is 0.274 e. The van der Waals surface area contributed by atoms with Gasteiger partial charge in [-0.15, -0.1) is 0 Å². The first kappa shape index (κ1) is 17.7. The Balaban J connectivity index is 1.45. The Labute approximate surface area is 161 Å². The number of anilines is 1. The molecule has 140 valence electrons. The van der Waals surface area contributed by atoms with Gasteiger partial charge in [0.15, 0.2) is 11.4 Å². The zero-order chi connectivity index (χ0) is 18.1. The number of aromatic amines is 1. The maximum atomic E-state index is 5.90. The zero-order valence-electron chi connectivity index (χ0n) is 16.0. The number of nitrogens with one attached hydrogen (secondary N) is 2. The molecular weight excluding hydrogens is 342 g/mol. The summed E-state index contributed by atoms with van der Waals surface area (Å²) < 4.78 is 5.88. The molecule has 2 N–H and O–H groups in total. The number of imidazole rings is 1. The third-order valence-corrected chi connectivity index (χ3v) is 6.72. The lowest BCUT2D eigenvalue weighted by molar-refractivity contribution is -0.923. The second kappa shape index (κ2) is 7.53. The molecular formula is C20H31N5S+2. The Kier molecular flexibility index (Phi) is 5.14. The summed E-state index contributed by atoms with van der Waals surface area (Å²) in [6.07, 6.45) is 7.28. The second-order valence-corrected chi connectivity index (χ2v) is 8.20. The number of aromatic nitrogens is 3. The molecule has 0 bridgehead atoms. The van der Waals surface area contributed by atoms with Crippen molar-refractivity contribution in [3.63, 3.8) is 0 Å². The highest BCUT2D eigenvalue weighted by atomic mass is 32.1. The van der Waals surface area contributed by atoms with Crippen molar-refractivity contribution < 1.29 is 9.88 Å². The van der Waals surface area contributed by atoms with E-state index in [2.05, 4.69) is 45.0 Å². The fourth-order valence-corrected chi connectivity index (χ4v) is 5.08. The Bertz CT molecular complexity index is 796. The number of H-pyrrole nitrogens is 1. The van der Waals surface area contributed by atoms with Gasteiger partial charge in [-0.1, -0.05) is 18.9 Å². The Morgan fingerprint density at radius 2 is 1.85 bits per heavy atom. The summed E-state index contributed by atoms with van der Waals surface area (Å²) in [5.41, 5.74) is 2.73. The van der Waals surface area contributed by atoms with E-state index >= 15 is 0 Å². The van der Waals surface area contributed by atoms with Crippen LogP contribution in [0, 0.1) is 18.6 Å². The Morgan fingerprint density at radius 3 is 2.50 bits per heavy atom. The number of piperazine rings is 1. The van der Waals surface area contributed by atoms with Crippen molar-refractivity contribution in [2.45, 2.75) is 52.2 Å². The van der Waals surface area contributed by atoms with Crippen LogP contribution in [0.5, 0.6) is 0 Å². The normalized spacial score (nSPS) is 19.4. The number of nitrogens with zero attached hydrogens (tertiary/aromatic N) is 3. The molecule has 2 aromatic heterocycles. The topological polar surface area (TPSA) is 31.7 Å². The highest BCUT2D eigenvalue weighted by Crippen LogP contribution is 2.32. The first-order valence-corrected chi connectivity index (χ1v) is 10.4. The predicted molar refractivity (Wildman–Crippen MR) is 106 cm³/mol. The summed E-state index contributed by atoms with van der Waals surface area (Å²) in [7, 11) is 0. The van der Waals surface area contributed by atoms with Gasteiger partial charge in [0, 0.05) is 23.5 Å². The summed E-state index contributed by atoms with van der Waals surface area (Å²) in [5, 5.41) is 0. The molecule has 1 aliphatic carbocycles. The third-order valence-electron chi connectivity index (χ3n) is 6.30. The van der Waals surface area contributed by atoms with Crippen LogP contribution < -0.4 is 14.8 Å². The minimum absolute atomic E-state index is 0.628. The van der Waals surface area contributed by atoms with Gasteiger partial charge in [-0.3, -0.25) is 9.47 Å². The van der Waals surface area contributed by atoms with Crippen molar-refractivity contribution in [1.82, 2.24) is 9.13 Å². The van der Waals surface area contributed by atoms with Gasteiger partial charge in [0.25, 0.3) is 5.82 Å². The van der Waals surface area contributed by atoms with Gasteiger partial charge in [-0.2, -0.15) is 0 Å². The van der Waals surface area contributed by atoms with Crippen molar-refractivity contribution in [3.05, 3.63) is 40.6 Å². The van der Waals surface area contributed by atoms with Crippen LogP contribution in [-0.2, 0) is 6.67 Å². The summed E-state index contributed by atoms with van der Waals surface area (Å²) in [5.74, 6) is 1.22. The van der Waals surface area contributed by atoms with Crippen LogP contribution in [0.25, 0.3) is 0 Å². The zero-order valence-corrected chi connectivity index (χ0v) is 16.8. The number of hydrogen-bond acceptors (Lipinski definition) is 2. The van der Waals surface area contributed by atoms with Gasteiger partial charge >= 0.3 is 0 Å². The van der Waals surface area contributed by atoms with Crippen molar-refractivity contribution in [2.24, 2.45) is 0 Å². The molecule has 0 radical (unpaired) electrons. The lowest BCUT2D eigenvalue weighted by Crippen LogP contribution is -3.14. The van der Waals surface area contributed by atoms with Crippen molar-refractivity contribution in [2.75, 3.05) is 31.1 Å². The molecule has 0 spiro atoms. The third kappa shape index (κ3) is 3.32. The first-order chi connectivity index (χ1) is 12.6. The average molecular weight is 374 g/mol. The predicted octanol–water partition coefficient (Wildman–Crippen LogP) is 1.93. The standard InChI is InChI=1S/C20H29N5S/c1-16-17(2)25(18-7-3-4-8-18)20(26)24(16)15-22-11-13-23(14-12-22)19-9-5-6-10-21-19/h5-6,9-10,18H,3-4,7-8,11-15H2,1-2H3/p+2. The monoisotopic (exact) mass is 373 g/mol. The van der Waals surface area contributed by atoms with E-state index in [1.807, 2.05) is 12.3 Å². The average Bonchev–Trinajstić information content (AvgIpc) is 3.27. The lowest BCUT2D eigenvalue weighted by Gasteiger charge is -2.28. The minimum Gasteiger partial charge on any atom is -0.318 e. The lowest BCUT2D eigenvalue weighted by atomic mass is 10.2. The molecule has 0 unspecified atom stereocenters. The van der Waals surface area contributed by atoms with E-state index in [9.17, 15) is 0 Å². The number of pyridine rings is 1. The molecule has 1 aliphatic heterocycles. The molecule has 4 rings (SSSR count). The molecule has 6 heteroatoms. The molecule has 5 nitrogen and oxygen atoms in total. The highest BCUT2D eigenvalue weighted by Gasteiger charge is 2.28. The summed E-state index contributed by atoms with van der Waals surface area (Å²) in [4.78, 5) is 7.43. The fraction of sp³-hybridized carbons (Fsp3) is 0.600. The van der Waals surface area contributed by atoms with Crippen molar-refractivity contribution in [3.8, 4) is 0 Å².